The van der Waals surface area contributed by atoms with E-state index >= 15 is 0 Å². The summed E-state index contributed by atoms with van der Waals surface area (Å²) in [5.74, 6) is -0.227. The van der Waals surface area contributed by atoms with Gasteiger partial charge in [0.05, 0.1) is 0 Å². The van der Waals surface area contributed by atoms with Crippen LogP contribution in [0.5, 0.6) is 0 Å². The zero-order valence-electron chi connectivity index (χ0n) is 11.9. The number of rotatable bonds is 3. The van der Waals surface area contributed by atoms with E-state index < -0.39 is 5.60 Å². The highest BCUT2D eigenvalue weighted by atomic mass is 19.1. The van der Waals surface area contributed by atoms with Crippen molar-refractivity contribution >= 4 is 0 Å². The van der Waals surface area contributed by atoms with Crippen LogP contribution in [0, 0.1) is 5.82 Å². The van der Waals surface area contributed by atoms with Crippen molar-refractivity contribution < 1.29 is 9.13 Å². The van der Waals surface area contributed by atoms with Gasteiger partial charge in [-0.3, -0.25) is 0 Å². The molecular weight excluding hydrogens is 275 g/mol. The molecule has 1 aliphatic heterocycles. The molecule has 1 atom stereocenters. The molecule has 3 aromatic carbocycles. The van der Waals surface area contributed by atoms with Gasteiger partial charge in [0.15, 0.2) is 0 Å². The Labute approximate surface area is 129 Å². The quantitative estimate of drug-likeness (QED) is 0.629. The van der Waals surface area contributed by atoms with Crippen molar-refractivity contribution in [3.8, 4) is 0 Å². The molecule has 0 spiro atoms. The summed E-state index contributed by atoms with van der Waals surface area (Å²) in [7, 11) is 0. The van der Waals surface area contributed by atoms with Crippen LogP contribution in [0.2, 0.25) is 0 Å². The second kappa shape index (κ2) is 5.08. The third-order valence-electron chi connectivity index (χ3n) is 4.19. The molecule has 0 amide bonds. The molecular formula is C20H15FO. The first-order valence-corrected chi connectivity index (χ1v) is 7.35. The zero-order chi connectivity index (χ0) is 15.0. The highest BCUT2D eigenvalue weighted by Gasteiger charge is 2.59. The van der Waals surface area contributed by atoms with Crippen LogP contribution in [-0.4, -0.2) is 0 Å². The highest BCUT2D eigenvalue weighted by Crippen LogP contribution is 2.60. The Morgan fingerprint density at radius 1 is 0.682 bits per heavy atom. The van der Waals surface area contributed by atoms with E-state index in [4.69, 9.17) is 4.74 Å². The number of ether oxygens (including phenoxy) is 1. The zero-order valence-corrected chi connectivity index (χ0v) is 11.9. The van der Waals surface area contributed by atoms with Crippen LogP contribution < -0.4 is 0 Å². The summed E-state index contributed by atoms with van der Waals surface area (Å²) in [6.07, 6.45) is -0.0853. The lowest BCUT2D eigenvalue weighted by atomic mass is 9.85. The Morgan fingerprint density at radius 2 is 1.18 bits per heavy atom. The summed E-state index contributed by atoms with van der Waals surface area (Å²) in [4.78, 5) is 0. The van der Waals surface area contributed by atoms with Gasteiger partial charge in [0, 0.05) is 0 Å². The van der Waals surface area contributed by atoms with Crippen LogP contribution in [0.25, 0.3) is 0 Å². The molecule has 0 saturated carbocycles. The standard InChI is InChI=1S/C20H15FO/c21-18-13-11-15(12-14-18)19-20(22-19,16-7-3-1-4-8-16)17-9-5-2-6-10-17/h1-14,19H/t19-/m0/s1. The lowest BCUT2D eigenvalue weighted by Gasteiger charge is -2.14. The van der Waals surface area contributed by atoms with Crippen LogP contribution in [0.1, 0.15) is 22.8 Å². The van der Waals surface area contributed by atoms with Crippen molar-refractivity contribution in [3.05, 3.63) is 107 Å². The Kier molecular flexibility index (Phi) is 3.05. The average molecular weight is 290 g/mol. The molecule has 0 N–H and O–H groups in total. The fourth-order valence-corrected chi connectivity index (χ4v) is 3.07. The summed E-state index contributed by atoms with van der Waals surface area (Å²) in [5.41, 5.74) is 2.76. The van der Waals surface area contributed by atoms with Crippen molar-refractivity contribution in [2.24, 2.45) is 0 Å². The van der Waals surface area contributed by atoms with Crippen LogP contribution in [0.4, 0.5) is 4.39 Å². The third kappa shape index (κ3) is 2.04. The molecule has 3 aromatic rings. The minimum atomic E-state index is -0.472. The van der Waals surface area contributed by atoms with Crippen LogP contribution in [0.15, 0.2) is 84.9 Å². The number of benzene rings is 3. The molecule has 1 aliphatic rings. The van der Waals surface area contributed by atoms with Gasteiger partial charge in [-0.25, -0.2) is 4.39 Å². The van der Waals surface area contributed by atoms with E-state index in [1.54, 1.807) is 12.1 Å². The summed E-state index contributed by atoms with van der Waals surface area (Å²) in [6, 6.07) is 26.9. The molecule has 108 valence electrons. The van der Waals surface area contributed by atoms with Gasteiger partial charge >= 0.3 is 0 Å². The second-order valence-electron chi connectivity index (χ2n) is 5.52. The van der Waals surface area contributed by atoms with E-state index in [-0.39, 0.29) is 11.9 Å². The van der Waals surface area contributed by atoms with E-state index in [2.05, 4.69) is 24.3 Å². The molecule has 1 heterocycles. The van der Waals surface area contributed by atoms with E-state index in [9.17, 15) is 4.39 Å². The van der Waals surface area contributed by atoms with Gasteiger partial charge < -0.3 is 4.74 Å². The fourth-order valence-electron chi connectivity index (χ4n) is 3.07. The summed E-state index contributed by atoms with van der Waals surface area (Å²) < 4.78 is 19.3. The first-order chi connectivity index (χ1) is 10.8. The summed E-state index contributed by atoms with van der Waals surface area (Å²) in [5, 5.41) is 0. The second-order valence-corrected chi connectivity index (χ2v) is 5.52. The summed E-state index contributed by atoms with van der Waals surface area (Å²) in [6.45, 7) is 0. The Balaban J connectivity index is 1.81. The van der Waals surface area contributed by atoms with Crippen molar-refractivity contribution in [1.29, 1.82) is 0 Å². The third-order valence-corrected chi connectivity index (χ3v) is 4.19. The lowest BCUT2D eigenvalue weighted by Crippen LogP contribution is -2.12. The Hall–Kier alpha value is -2.45. The van der Waals surface area contributed by atoms with Gasteiger partial charge in [-0.05, 0) is 28.8 Å². The van der Waals surface area contributed by atoms with Gasteiger partial charge in [-0.1, -0.05) is 72.8 Å². The monoisotopic (exact) mass is 290 g/mol. The van der Waals surface area contributed by atoms with Crippen molar-refractivity contribution in [3.63, 3.8) is 0 Å². The minimum Gasteiger partial charge on any atom is -0.351 e. The van der Waals surface area contributed by atoms with Crippen molar-refractivity contribution in [1.82, 2.24) is 0 Å². The molecule has 4 rings (SSSR count). The summed E-state index contributed by atoms with van der Waals surface area (Å²) >= 11 is 0. The van der Waals surface area contributed by atoms with Gasteiger partial charge in [0.1, 0.15) is 17.5 Å². The topological polar surface area (TPSA) is 12.5 Å². The van der Waals surface area contributed by atoms with E-state index in [0.717, 1.165) is 16.7 Å². The molecule has 22 heavy (non-hydrogen) atoms. The SMILES string of the molecule is Fc1ccc([C@@H]2OC2(c2ccccc2)c2ccccc2)cc1. The normalized spacial score (nSPS) is 18.9. The molecule has 0 bridgehead atoms. The van der Waals surface area contributed by atoms with Gasteiger partial charge in [-0.2, -0.15) is 0 Å². The molecule has 1 nitrogen and oxygen atoms in total. The molecule has 0 radical (unpaired) electrons. The smallest absolute Gasteiger partial charge is 0.149 e. The average Bonchev–Trinajstić information content (AvgIpc) is 3.34. The molecule has 1 saturated heterocycles. The minimum absolute atomic E-state index is 0.0853. The van der Waals surface area contributed by atoms with Crippen molar-refractivity contribution in [2.45, 2.75) is 11.7 Å². The number of hydrogen-bond acceptors (Lipinski definition) is 1. The number of hydrogen-bond donors (Lipinski definition) is 0. The molecule has 0 unspecified atom stereocenters. The maximum Gasteiger partial charge on any atom is 0.149 e. The molecule has 0 aliphatic carbocycles. The fraction of sp³-hybridized carbons (Fsp3) is 0.100. The predicted octanol–water partition coefficient (Wildman–Crippen LogP) is 4.84. The predicted molar refractivity (Wildman–Crippen MR) is 83.9 cm³/mol. The Bertz CT molecular complexity index is 726. The largest absolute Gasteiger partial charge is 0.351 e. The first kappa shape index (κ1) is 13.2. The van der Waals surface area contributed by atoms with Crippen LogP contribution >= 0.6 is 0 Å². The van der Waals surface area contributed by atoms with Crippen LogP contribution in [0.3, 0.4) is 0 Å². The van der Waals surface area contributed by atoms with Gasteiger partial charge in [0.2, 0.25) is 0 Å². The number of halogens is 1. The van der Waals surface area contributed by atoms with E-state index in [1.807, 2.05) is 36.4 Å². The van der Waals surface area contributed by atoms with E-state index in [0.29, 0.717) is 0 Å². The molecule has 2 heteroatoms. The van der Waals surface area contributed by atoms with Crippen molar-refractivity contribution in [2.75, 3.05) is 0 Å². The number of epoxide rings is 1. The maximum absolute atomic E-state index is 13.2. The molecule has 0 aromatic heterocycles. The molecule has 1 fully saturated rings. The van der Waals surface area contributed by atoms with Gasteiger partial charge in [-0.15, -0.1) is 0 Å². The van der Waals surface area contributed by atoms with Gasteiger partial charge in [0.25, 0.3) is 0 Å². The lowest BCUT2D eigenvalue weighted by molar-refractivity contribution is 0.329. The van der Waals surface area contributed by atoms with Crippen LogP contribution in [-0.2, 0) is 10.3 Å². The first-order valence-electron chi connectivity index (χ1n) is 7.35. The maximum atomic E-state index is 13.2. The van der Waals surface area contributed by atoms with E-state index in [1.165, 1.54) is 12.1 Å². The Morgan fingerprint density at radius 3 is 1.68 bits per heavy atom. The highest BCUT2D eigenvalue weighted by molar-refractivity contribution is 5.46.